The molecule has 7 nitrogen and oxygen atoms in total. The number of aliphatic hydroxyl groups excluding tert-OH is 1. The summed E-state index contributed by atoms with van der Waals surface area (Å²) in [5.41, 5.74) is 0.670. The Morgan fingerprint density at radius 2 is 2.03 bits per heavy atom. The number of aliphatic hydroxyl groups is 1. The molecular formula is C23H34N2O5S. The van der Waals surface area contributed by atoms with E-state index in [0.717, 1.165) is 6.42 Å². The molecule has 0 saturated carbocycles. The number of hydrogen-bond donors (Lipinski definition) is 1. The third kappa shape index (κ3) is 6.22. The maximum Gasteiger partial charge on any atom is 0.247 e. The molecule has 3 atom stereocenters. The SMILES string of the molecule is CC(=O)N(C)C[C@H]1Oc2cc(C#CCC(C)C)ccc2S(=O)(=O)N([C@H](C)CO)C[C@H]1C. The van der Waals surface area contributed by atoms with Crippen LogP contribution in [0.1, 0.15) is 46.6 Å². The van der Waals surface area contributed by atoms with Crippen LogP contribution in [0.15, 0.2) is 23.1 Å². The lowest BCUT2D eigenvalue weighted by molar-refractivity contribution is -0.129. The Labute approximate surface area is 186 Å². The van der Waals surface area contributed by atoms with Crippen LogP contribution in [0.3, 0.4) is 0 Å². The van der Waals surface area contributed by atoms with Crippen LogP contribution in [0.25, 0.3) is 0 Å². The van der Waals surface area contributed by atoms with Crippen LogP contribution in [0.2, 0.25) is 0 Å². The summed E-state index contributed by atoms with van der Waals surface area (Å²) in [4.78, 5) is 13.4. The van der Waals surface area contributed by atoms with E-state index >= 15 is 0 Å². The fourth-order valence-electron chi connectivity index (χ4n) is 3.28. The van der Waals surface area contributed by atoms with Gasteiger partial charge < -0.3 is 14.7 Å². The molecule has 1 aromatic rings. The van der Waals surface area contributed by atoms with E-state index in [1.54, 1.807) is 31.0 Å². The lowest BCUT2D eigenvalue weighted by Crippen LogP contribution is -2.50. The molecule has 1 aliphatic heterocycles. The van der Waals surface area contributed by atoms with Crippen molar-refractivity contribution in [3.8, 4) is 17.6 Å². The van der Waals surface area contributed by atoms with Crippen molar-refractivity contribution in [2.24, 2.45) is 11.8 Å². The van der Waals surface area contributed by atoms with Gasteiger partial charge in [-0.1, -0.05) is 32.6 Å². The summed E-state index contributed by atoms with van der Waals surface area (Å²) in [6.45, 7) is 9.42. The van der Waals surface area contributed by atoms with Gasteiger partial charge in [-0.2, -0.15) is 4.31 Å². The minimum absolute atomic E-state index is 0.0459. The lowest BCUT2D eigenvalue weighted by Gasteiger charge is -2.37. The molecule has 31 heavy (non-hydrogen) atoms. The first kappa shape index (κ1) is 25.2. The Balaban J connectivity index is 2.56. The molecule has 1 heterocycles. The number of hydrogen-bond acceptors (Lipinski definition) is 5. The van der Waals surface area contributed by atoms with Crippen LogP contribution in [0.5, 0.6) is 5.75 Å². The molecule has 0 saturated heterocycles. The van der Waals surface area contributed by atoms with Crippen LogP contribution in [0, 0.1) is 23.7 Å². The standard InChI is InChI=1S/C23H34N2O5S/c1-16(2)8-7-9-20-10-11-23-21(12-20)30-22(14-24(6)19(5)27)17(3)13-25(18(4)15-26)31(23,28)29/h10-12,16-18,22,26H,8,13-15H2,1-6H3/t17-,18-,22-/m1/s1. The summed E-state index contributed by atoms with van der Waals surface area (Å²) in [5, 5.41) is 9.68. The third-order valence-electron chi connectivity index (χ3n) is 5.40. The number of amides is 1. The van der Waals surface area contributed by atoms with E-state index in [9.17, 15) is 18.3 Å². The second kappa shape index (κ2) is 10.5. The molecule has 0 aliphatic carbocycles. The molecule has 0 radical (unpaired) electrons. The van der Waals surface area contributed by atoms with Crippen LogP contribution >= 0.6 is 0 Å². The molecule has 0 unspecified atom stereocenters. The Morgan fingerprint density at radius 3 is 2.61 bits per heavy atom. The van der Waals surface area contributed by atoms with Crippen molar-refractivity contribution in [3.05, 3.63) is 23.8 Å². The molecule has 172 valence electrons. The van der Waals surface area contributed by atoms with Gasteiger partial charge >= 0.3 is 0 Å². The van der Waals surface area contributed by atoms with Gasteiger partial charge in [0.15, 0.2) is 0 Å². The molecule has 1 aliphatic rings. The minimum Gasteiger partial charge on any atom is -0.487 e. The van der Waals surface area contributed by atoms with Crippen LogP contribution in [-0.4, -0.2) is 67.5 Å². The van der Waals surface area contributed by atoms with Crippen molar-refractivity contribution in [1.29, 1.82) is 0 Å². The number of ether oxygens (including phenoxy) is 1. The number of nitrogens with zero attached hydrogens (tertiary/aromatic N) is 2. The molecular weight excluding hydrogens is 416 g/mol. The lowest BCUT2D eigenvalue weighted by atomic mass is 10.0. The molecule has 8 heteroatoms. The quantitative estimate of drug-likeness (QED) is 0.696. The normalized spacial score (nSPS) is 21.7. The second-order valence-electron chi connectivity index (χ2n) is 8.70. The average molecular weight is 451 g/mol. The molecule has 1 N–H and O–H groups in total. The van der Waals surface area contributed by atoms with E-state index < -0.39 is 22.2 Å². The second-order valence-corrected chi connectivity index (χ2v) is 10.6. The highest BCUT2D eigenvalue weighted by molar-refractivity contribution is 7.89. The first-order valence-corrected chi connectivity index (χ1v) is 12.0. The van der Waals surface area contributed by atoms with Crippen molar-refractivity contribution >= 4 is 15.9 Å². The number of fused-ring (bicyclic) bond motifs is 1. The average Bonchev–Trinajstić information content (AvgIpc) is 2.69. The number of sulfonamides is 1. The highest BCUT2D eigenvalue weighted by Gasteiger charge is 2.38. The van der Waals surface area contributed by atoms with E-state index in [1.165, 1.54) is 17.3 Å². The van der Waals surface area contributed by atoms with Crippen molar-refractivity contribution in [3.63, 3.8) is 0 Å². The Morgan fingerprint density at radius 1 is 1.35 bits per heavy atom. The number of benzene rings is 1. The summed E-state index contributed by atoms with van der Waals surface area (Å²) in [6, 6.07) is 4.26. The van der Waals surface area contributed by atoms with Crippen LogP contribution in [0.4, 0.5) is 0 Å². The van der Waals surface area contributed by atoms with Crippen LogP contribution in [-0.2, 0) is 14.8 Å². The summed E-state index contributed by atoms with van der Waals surface area (Å²) in [7, 11) is -2.19. The number of carbonyl (C=O) groups is 1. The predicted molar refractivity (Wildman–Crippen MR) is 120 cm³/mol. The minimum atomic E-state index is -3.89. The fraction of sp³-hybridized carbons (Fsp3) is 0.609. The molecule has 0 spiro atoms. The van der Waals surface area contributed by atoms with E-state index in [0.29, 0.717) is 18.0 Å². The number of rotatable bonds is 5. The Bertz CT molecular complexity index is 948. The summed E-state index contributed by atoms with van der Waals surface area (Å²) in [5.74, 6) is 6.54. The van der Waals surface area contributed by atoms with Gasteiger partial charge in [0.25, 0.3) is 0 Å². The highest BCUT2D eigenvalue weighted by atomic mass is 32.2. The van der Waals surface area contributed by atoms with Gasteiger partial charge in [0.1, 0.15) is 16.7 Å². The molecule has 0 fully saturated rings. The molecule has 0 aromatic heterocycles. The number of carbonyl (C=O) groups excluding carboxylic acids is 1. The fourth-order valence-corrected chi connectivity index (χ4v) is 5.10. The zero-order chi connectivity index (χ0) is 23.3. The first-order chi connectivity index (χ1) is 14.5. The zero-order valence-corrected chi connectivity index (χ0v) is 20.1. The van der Waals surface area contributed by atoms with Gasteiger partial charge in [-0.25, -0.2) is 8.42 Å². The van der Waals surface area contributed by atoms with Crippen molar-refractivity contribution < 1.29 is 23.1 Å². The number of likely N-dealkylation sites (N-methyl/N-ethyl adjacent to an activating group) is 1. The molecule has 1 amide bonds. The van der Waals surface area contributed by atoms with E-state index in [-0.39, 0.29) is 35.6 Å². The zero-order valence-electron chi connectivity index (χ0n) is 19.3. The van der Waals surface area contributed by atoms with E-state index in [1.807, 2.05) is 6.92 Å². The Kier molecular flexibility index (Phi) is 8.52. The molecule has 1 aromatic carbocycles. The van der Waals surface area contributed by atoms with Crippen molar-refractivity contribution in [1.82, 2.24) is 9.21 Å². The predicted octanol–water partition coefficient (Wildman–Crippen LogP) is 2.33. The molecule has 2 rings (SSSR count). The monoisotopic (exact) mass is 450 g/mol. The van der Waals surface area contributed by atoms with Gasteiger partial charge in [0, 0.05) is 44.5 Å². The third-order valence-corrected chi connectivity index (χ3v) is 7.42. The summed E-state index contributed by atoms with van der Waals surface area (Å²) >= 11 is 0. The smallest absolute Gasteiger partial charge is 0.247 e. The van der Waals surface area contributed by atoms with Gasteiger partial charge in [0.05, 0.1) is 13.2 Å². The van der Waals surface area contributed by atoms with E-state index in [4.69, 9.17) is 4.74 Å². The van der Waals surface area contributed by atoms with Gasteiger partial charge in [-0.3, -0.25) is 4.79 Å². The highest BCUT2D eigenvalue weighted by Crippen LogP contribution is 2.34. The summed E-state index contributed by atoms with van der Waals surface area (Å²) in [6.07, 6.45) is 0.316. The van der Waals surface area contributed by atoms with Gasteiger partial charge in [0.2, 0.25) is 15.9 Å². The molecule has 0 bridgehead atoms. The van der Waals surface area contributed by atoms with Crippen molar-refractivity contribution in [2.45, 2.75) is 58.1 Å². The maximum atomic E-state index is 13.4. The van der Waals surface area contributed by atoms with Gasteiger partial charge in [-0.15, -0.1) is 0 Å². The topological polar surface area (TPSA) is 87.2 Å². The Hall–Kier alpha value is -2.08. The van der Waals surface area contributed by atoms with E-state index in [2.05, 4.69) is 25.7 Å². The largest absolute Gasteiger partial charge is 0.487 e. The van der Waals surface area contributed by atoms with Gasteiger partial charge in [-0.05, 0) is 31.0 Å². The first-order valence-electron chi connectivity index (χ1n) is 10.6. The maximum absolute atomic E-state index is 13.4. The van der Waals surface area contributed by atoms with Crippen molar-refractivity contribution in [2.75, 3.05) is 26.7 Å². The van der Waals surface area contributed by atoms with Crippen LogP contribution < -0.4 is 4.74 Å². The summed E-state index contributed by atoms with van der Waals surface area (Å²) < 4.78 is 34.3.